The zero-order valence-corrected chi connectivity index (χ0v) is 11.3. The van der Waals surface area contributed by atoms with E-state index in [0.29, 0.717) is 0 Å². The van der Waals surface area contributed by atoms with E-state index in [1.807, 2.05) is 13.8 Å². The fourth-order valence-electron chi connectivity index (χ4n) is 1.36. The largest absolute Gasteiger partial charge is 0.469 e. The molecule has 18 heavy (non-hydrogen) atoms. The van der Waals surface area contributed by atoms with Gasteiger partial charge >= 0.3 is 11.9 Å². The van der Waals surface area contributed by atoms with Crippen LogP contribution in [0.4, 0.5) is 0 Å². The first kappa shape index (κ1) is 16.4. The summed E-state index contributed by atoms with van der Waals surface area (Å²) in [5, 5.41) is 2.58. The Morgan fingerprint density at radius 1 is 1.11 bits per heavy atom. The predicted octanol–water partition coefficient (Wildman–Crippen LogP) is 0.643. The number of ether oxygens (including phenoxy) is 2. The quantitative estimate of drug-likeness (QED) is 0.679. The zero-order chi connectivity index (χ0) is 14.1. The van der Waals surface area contributed by atoms with Gasteiger partial charge in [0.1, 0.15) is 6.04 Å². The van der Waals surface area contributed by atoms with Crippen molar-refractivity contribution in [2.75, 3.05) is 14.2 Å². The van der Waals surface area contributed by atoms with Crippen LogP contribution in [-0.4, -0.2) is 38.1 Å². The Morgan fingerprint density at radius 2 is 1.72 bits per heavy atom. The summed E-state index contributed by atoms with van der Waals surface area (Å²) < 4.78 is 9.07. The molecule has 1 N–H and O–H groups in total. The van der Waals surface area contributed by atoms with Crippen LogP contribution in [0.1, 0.15) is 33.1 Å². The van der Waals surface area contributed by atoms with Crippen molar-refractivity contribution in [1.29, 1.82) is 0 Å². The minimum atomic E-state index is -0.676. The summed E-state index contributed by atoms with van der Waals surface area (Å²) in [7, 11) is 2.54. The maximum atomic E-state index is 11.6. The first-order valence-electron chi connectivity index (χ1n) is 5.90. The third-order valence-electron chi connectivity index (χ3n) is 2.77. The monoisotopic (exact) mass is 259 g/mol. The van der Waals surface area contributed by atoms with Gasteiger partial charge in [0.2, 0.25) is 5.91 Å². The minimum absolute atomic E-state index is 0.00324. The third-order valence-corrected chi connectivity index (χ3v) is 2.77. The zero-order valence-electron chi connectivity index (χ0n) is 11.3. The van der Waals surface area contributed by atoms with Gasteiger partial charge in [-0.1, -0.05) is 20.3 Å². The van der Waals surface area contributed by atoms with Crippen LogP contribution < -0.4 is 5.32 Å². The molecule has 0 rings (SSSR count). The molecule has 0 aliphatic carbocycles. The average molecular weight is 259 g/mol. The maximum Gasteiger partial charge on any atom is 0.328 e. The van der Waals surface area contributed by atoms with E-state index < -0.39 is 18.0 Å². The van der Waals surface area contributed by atoms with Crippen LogP contribution in [0.25, 0.3) is 0 Å². The molecule has 1 amide bonds. The molecular weight excluding hydrogens is 238 g/mol. The molecule has 0 aromatic carbocycles. The molecule has 0 aliphatic heterocycles. The number of rotatable bonds is 7. The number of hydrogen-bond donors (Lipinski definition) is 1. The number of hydrogen-bond acceptors (Lipinski definition) is 5. The molecule has 0 aromatic rings. The van der Waals surface area contributed by atoms with E-state index in [1.165, 1.54) is 14.2 Å². The lowest BCUT2D eigenvalue weighted by Crippen LogP contribution is -2.45. The predicted molar refractivity (Wildman–Crippen MR) is 64.7 cm³/mol. The number of carbonyl (C=O) groups is 3. The summed E-state index contributed by atoms with van der Waals surface area (Å²) in [4.78, 5) is 34.0. The fourth-order valence-corrected chi connectivity index (χ4v) is 1.36. The number of esters is 2. The molecule has 2 atom stereocenters. The summed E-state index contributed by atoms with van der Waals surface area (Å²) in [6, 6.07) is -0.676. The van der Waals surface area contributed by atoms with Gasteiger partial charge in [-0.15, -0.1) is 0 Å². The molecule has 0 spiro atoms. The maximum absolute atomic E-state index is 11.6. The Hall–Kier alpha value is -1.59. The molecule has 0 unspecified atom stereocenters. The van der Waals surface area contributed by atoms with Gasteiger partial charge in [0.25, 0.3) is 0 Å². The van der Waals surface area contributed by atoms with E-state index in [9.17, 15) is 14.4 Å². The molecule has 0 radical (unpaired) electrons. The van der Waals surface area contributed by atoms with E-state index in [-0.39, 0.29) is 24.7 Å². The van der Waals surface area contributed by atoms with Crippen LogP contribution in [0.5, 0.6) is 0 Å². The van der Waals surface area contributed by atoms with E-state index in [2.05, 4.69) is 14.8 Å². The third kappa shape index (κ3) is 5.65. The Balaban J connectivity index is 4.36. The molecule has 0 bridgehead atoms. The average Bonchev–Trinajstić information content (AvgIpc) is 2.40. The highest BCUT2D eigenvalue weighted by atomic mass is 16.5. The molecule has 0 aliphatic rings. The van der Waals surface area contributed by atoms with Gasteiger partial charge in [0.05, 0.1) is 20.6 Å². The van der Waals surface area contributed by atoms with Gasteiger partial charge in [-0.05, 0) is 5.92 Å². The Labute approximate surface area is 107 Å². The van der Waals surface area contributed by atoms with Crippen LogP contribution in [0.15, 0.2) is 0 Å². The Kier molecular flexibility index (Phi) is 7.74. The van der Waals surface area contributed by atoms with Crippen molar-refractivity contribution in [3.63, 3.8) is 0 Å². The van der Waals surface area contributed by atoms with Crippen molar-refractivity contribution in [3.05, 3.63) is 0 Å². The molecule has 0 aromatic heterocycles. The minimum Gasteiger partial charge on any atom is -0.469 e. The van der Waals surface area contributed by atoms with Gasteiger partial charge < -0.3 is 14.8 Å². The lowest BCUT2D eigenvalue weighted by atomic mass is 9.99. The second-order valence-corrected chi connectivity index (χ2v) is 4.03. The molecule has 0 saturated carbocycles. The van der Waals surface area contributed by atoms with Crippen LogP contribution in [0.2, 0.25) is 0 Å². The van der Waals surface area contributed by atoms with Crippen LogP contribution in [-0.2, 0) is 23.9 Å². The highest BCUT2D eigenvalue weighted by molar-refractivity contribution is 5.86. The smallest absolute Gasteiger partial charge is 0.328 e. The lowest BCUT2D eigenvalue weighted by molar-refractivity contribution is -0.146. The van der Waals surface area contributed by atoms with Gasteiger partial charge in [-0.3, -0.25) is 9.59 Å². The van der Waals surface area contributed by atoms with E-state index in [4.69, 9.17) is 0 Å². The molecule has 0 heterocycles. The number of carbonyl (C=O) groups excluding carboxylic acids is 3. The highest BCUT2D eigenvalue weighted by Crippen LogP contribution is 2.09. The van der Waals surface area contributed by atoms with Crippen molar-refractivity contribution >= 4 is 17.8 Å². The second-order valence-electron chi connectivity index (χ2n) is 4.03. The molecular formula is C12H21NO5. The first-order chi connectivity index (χ1) is 8.46. The topological polar surface area (TPSA) is 81.7 Å². The summed E-state index contributed by atoms with van der Waals surface area (Å²) in [5.41, 5.74) is 0. The van der Waals surface area contributed by atoms with E-state index in [1.54, 1.807) is 0 Å². The van der Waals surface area contributed by atoms with Crippen molar-refractivity contribution in [2.45, 2.75) is 39.2 Å². The van der Waals surface area contributed by atoms with E-state index >= 15 is 0 Å². The normalized spacial score (nSPS) is 13.3. The molecule has 6 heteroatoms. The second kappa shape index (κ2) is 8.49. The number of methoxy groups -OCH3 is 2. The molecule has 6 nitrogen and oxygen atoms in total. The molecule has 0 saturated heterocycles. The van der Waals surface area contributed by atoms with Crippen LogP contribution in [0, 0.1) is 5.92 Å². The van der Waals surface area contributed by atoms with Gasteiger partial charge in [-0.2, -0.15) is 0 Å². The number of amides is 1. The molecule has 0 fully saturated rings. The highest BCUT2D eigenvalue weighted by Gasteiger charge is 2.26. The standard InChI is InChI=1S/C12H21NO5/c1-5-8(2)11(12(16)18-4)13-9(14)6-7-10(15)17-3/h8,11H,5-7H2,1-4H3,(H,13,14)/t8-,11+/m1/s1. The summed E-state index contributed by atoms with van der Waals surface area (Å²) >= 11 is 0. The van der Waals surface area contributed by atoms with Crippen molar-refractivity contribution in [3.8, 4) is 0 Å². The number of nitrogens with one attached hydrogen (secondary N) is 1. The summed E-state index contributed by atoms with van der Waals surface area (Å²) in [6.07, 6.45) is 0.727. The van der Waals surface area contributed by atoms with Crippen molar-refractivity contribution < 1.29 is 23.9 Å². The van der Waals surface area contributed by atoms with Crippen molar-refractivity contribution in [2.24, 2.45) is 5.92 Å². The first-order valence-corrected chi connectivity index (χ1v) is 5.90. The lowest BCUT2D eigenvalue weighted by Gasteiger charge is -2.21. The van der Waals surface area contributed by atoms with Crippen LogP contribution >= 0.6 is 0 Å². The van der Waals surface area contributed by atoms with Crippen molar-refractivity contribution in [1.82, 2.24) is 5.32 Å². The van der Waals surface area contributed by atoms with Gasteiger partial charge in [0, 0.05) is 6.42 Å². The SMILES string of the molecule is CC[C@@H](C)[C@H](NC(=O)CCC(=O)OC)C(=O)OC. The Morgan fingerprint density at radius 3 is 2.17 bits per heavy atom. The summed E-state index contributed by atoms with van der Waals surface area (Å²) in [6.45, 7) is 3.77. The summed E-state index contributed by atoms with van der Waals surface area (Å²) in [5.74, 6) is -1.32. The fraction of sp³-hybridized carbons (Fsp3) is 0.750. The van der Waals surface area contributed by atoms with E-state index in [0.717, 1.165) is 6.42 Å². The Bertz CT molecular complexity index is 303. The van der Waals surface area contributed by atoms with Crippen LogP contribution in [0.3, 0.4) is 0 Å². The van der Waals surface area contributed by atoms with Gasteiger partial charge in [0.15, 0.2) is 0 Å². The van der Waals surface area contributed by atoms with Gasteiger partial charge in [-0.25, -0.2) is 4.79 Å². The molecule has 104 valence electrons.